The molecule has 1 aliphatic heterocycles. The first-order valence-electron chi connectivity index (χ1n) is 6.59. The summed E-state index contributed by atoms with van der Waals surface area (Å²) in [5.41, 5.74) is 2.44. The number of methoxy groups -OCH3 is 1. The van der Waals surface area contributed by atoms with E-state index >= 15 is 0 Å². The van der Waals surface area contributed by atoms with Crippen LogP contribution in [-0.4, -0.2) is 13.4 Å². The summed E-state index contributed by atoms with van der Waals surface area (Å²) in [6.45, 7) is 0.472. The van der Waals surface area contributed by atoms with E-state index in [1.165, 1.54) is 0 Å². The highest BCUT2D eigenvalue weighted by atomic mass is 35.5. The van der Waals surface area contributed by atoms with Crippen molar-refractivity contribution in [1.29, 1.82) is 0 Å². The lowest BCUT2D eigenvalue weighted by atomic mass is 10.1. The Morgan fingerprint density at radius 3 is 2.76 bits per heavy atom. The Kier molecular flexibility index (Phi) is 3.97. The van der Waals surface area contributed by atoms with Gasteiger partial charge in [0.05, 0.1) is 19.1 Å². The van der Waals surface area contributed by atoms with E-state index in [1.54, 1.807) is 13.4 Å². The molecule has 1 unspecified atom stereocenters. The Hall–Kier alpha value is -2.20. The standard InChI is InChI=1S/C16H15ClN2O2/c1-20-14-8-13-12(16(17)19-10-18-13)7-15(14)21-9-11-5-3-2-4-6-11/h2-8,10,16H,9H2,1H3,(H,18,19). The van der Waals surface area contributed by atoms with Crippen LogP contribution in [0.15, 0.2) is 47.5 Å². The number of hydrogen-bond donors (Lipinski definition) is 1. The maximum Gasteiger partial charge on any atom is 0.162 e. The molecule has 0 radical (unpaired) electrons. The van der Waals surface area contributed by atoms with E-state index < -0.39 is 0 Å². The van der Waals surface area contributed by atoms with Crippen molar-refractivity contribution < 1.29 is 9.47 Å². The van der Waals surface area contributed by atoms with Crippen LogP contribution in [0.25, 0.3) is 0 Å². The summed E-state index contributed by atoms with van der Waals surface area (Å²) >= 11 is 6.23. The van der Waals surface area contributed by atoms with E-state index in [2.05, 4.69) is 10.3 Å². The van der Waals surface area contributed by atoms with Gasteiger partial charge in [0.2, 0.25) is 0 Å². The van der Waals surface area contributed by atoms with Crippen LogP contribution >= 0.6 is 11.6 Å². The monoisotopic (exact) mass is 302 g/mol. The van der Waals surface area contributed by atoms with E-state index in [9.17, 15) is 0 Å². The first-order chi connectivity index (χ1) is 10.3. The highest BCUT2D eigenvalue weighted by Gasteiger charge is 2.19. The lowest BCUT2D eigenvalue weighted by molar-refractivity contribution is 0.284. The zero-order valence-electron chi connectivity index (χ0n) is 11.5. The molecule has 0 aliphatic carbocycles. The normalized spacial score (nSPS) is 16.0. The van der Waals surface area contributed by atoms with Gasteiger partial charge >= 0.3 is 0 Å². The number of hydrogen-bond acceptors (Lipinski definition) is 4. The highest BCUT2D eigenvalue weighted by Crippen LogP contribution is 2.40. The van der Waals surface area contributed by atoms with Gasteiger partial charge in [0.15, 0.2) is 11.5 Å². The van der Waals surface area contributed by atoms with Gasteiger partial charge in [-0.05, 0) is 11.6 Å². The molecular weight excluding hydrogens is 288 g/mol. The minimum atomic E-state index is -0.317. The first kappa shape index (κ1) is 13.8. The van der Waals surface area contributed by atoms with Crippen LogP contribution in [0.2, 0.25) is 0 Å². The molecule has 0 saturated carbocycles. The second-order valence-electron chi connectivity index (χ2n) is 4.62. The Labute approximate surface area is 128 Å². The fourth-order valence-electron chi connectivity index (χ4n) is 2.15. The number of alkyl halides is 1. The molecule has 5 heteroatoms. The van der Waals surface area contributed by atoms with Crippen molar-refractivity contribution in [3.05, 3.63) is 53.6 Å². The van der Waals surface area contributed by atoms with Gasteiger partial charge in [0, 0.05) is 11.6 Å². The highest BCUT2D eigenvalue weighted by molar-refractivity contribution is 6.22. The fourth-order valence-corrected chi connectivity index (χ4v) is 2.38. The van der Waals surface area contributed by atoms with Crippen LogP contribution in [0.5, 0.6) is 11.5 Å². The molecule has 0 amide bonds. The van der Waals surface area contributed by atoms with Crippen molar-refractivity contribution >= 4 is 23.6 Å². The van der Waals surface area contributed by atoms with Gasteiger partial charge in [0.25, 0.3) is 0 Å². The van der Waals surface area contributed by atoms with Crippen molar-refractivity contribution in [2.45, 2.75) is 12.1 Å². The number of fused-ring (bicyclic) bond motifs is 1. The molecule has 108 valence electrons. The fraction of sp³-hybridized carbons (Fsp3) is 0.188. The predicted octanol–water partition coefficient (Wildman–Crippen LogP) is 3.77. The number of nitrogens with one attached hydrogen (secondary N) is 1. The molecule has 0 spiro atoms. The second kappa shape index (κ2) is 6.06. The van der Waals surface area contributed by atoms with Gasteiger partial charge in [-0.15, -0.1) is 0 Å². The number of benzene rings is 2. The largest absolute Gasteiger partial charge is 0.493 e. The third-order valence-corrected chi connectivity index (χ3v) is 3.61. The Morgan fingerprint density at radius 1 is 1.19 bits per heavy atom. The summed E-state index contributed by atoms with van der Waals surface area (Å²) in [5.74, 6) is 1.30. The van der Waals surface area contributed by atoms with Gasteiger partial charge in [-0.2, -0.15) is 0 Å². The molecule has 2 aromatic carbocycles. The molecule has 1 atom stereocenters. The third kappa shape index (κ3) is 2.95. The van der Waals surface area contributed by atoms with Crippen LogP contribution in [0.1, 0.15) is 16.6 Å². The van der Waals surface area contributed by atoms with Gasteiger partial charge in [-0.1, -0.05) is 41.9 Å². The molecule has 2 aromatic rings. The molecule has 0 saturated heterocycles. The SMILES string of the molecule is COc1cc2c(cc1OCc1ccccc1)C(Cl)NC=N2. The molecule has 0 bridgehead atoms. The quantitative estimate of drug-likeness (QED) is 0.690. The molecule has 1 aliphatic rings. The minimum Gasteiger partial charge on any atom is -0.493 e. The predicted molar refractivity (Wildman–Crippen MR) is 83.6 cm³/mol. The third-order valence-electron chi connectivity index (χ3n) is 3.25. The molecule has 0 aromatic heterocycles. The van der Waals surface area contributed by atoms with Gasteiger partial charge in [0.1, 0.15) is 12.1 Å². The van der Waals surface area contributed by atoms with E-state index in [1.807, 2.05) is 42.5 Å². The van der Waals surface area contributed by atoms with E-state index in [4.69, 9.17) is 21.1 Å². The van der Waals surface area contributed by atoms with Crippen LogP contribution in [0, 0.1) is 0 Å². The lowest BCUT2D eigenvalue weighted by Gasteiger charge is -2.20. The molecule has 21 heavy (non-hydrogen) atoms. The molecule has 0 fully saturated rings. The lowest BCUT2D eigenvalue weighted by Crippen LogP contribution is -2.18. The first-order valence-corrected chi connectivity index (χ1v) is 7.03. The molecule has 1 N–H and O–H groups in total. The average Bonchev–Trinajstić information content (AvgIpc) is 2.53. The Bertz CT molecular complexity index is 659. The topological polar surface area (TPSA) is 42.9 Å². The Morgan fingerprint density at radius 2 is 2.00 bits per heavy atom. The number of halogens is 1. The summed E-state index contributed by atoms with van der Waals surface area (Å²) in [4.78, 5) is 4.26. The Balaban J connectivity index is 1.87. The number of aliphatic imine (C=N–C) groups is 1. The van der Waals surface area contributed by atoms with E-state index in [0.717, 1.165) is 16.8 Å². The zero-order valence-corrected chi connectivity index (χ0v) is 12.3. The van der Waals surface area contributed by atoms with Gasteiger partial charge in [-0.25, -0.2) is 4.99 Å². The number of ether oxygens (including phenoxy) is 2. The van der Waals surface area contributed by atoms with Crippen molar-refractivity contribution in [2.75, 3.05) is 7.11 Å². The second-order valence-corrected chi connectivity index (χ2v) is 5.06. The van der Waals surface area contributed by atoms with Gasteiger partial charge in [-0.3, -0.25) is 0 Å². The smallest absolute Gasteiger partial charge is 0.162 e. The number of nitrogens with zero attached hydrogens (tertiary/aromatic N) is 1. The molecular formula is C16H15ClN2O2. The average molecular weight is 303 g/mol. The van der Waals surface area contributed by atoms with Gasteiger partial charge < -0.3 is 14.8 Å². The summed E-state index contributed by atoms with van der Waals surface area (Å²) in [7, 11) is 1.61. The van der Waals surface area contributed by atoms with Crippen molar-refractivity contribution in [2.24, 2.45) is 4.99 Å². The summed E-state index contributed by atoms with van der Waals surface area (Å²) < 4.78 is 11.2. The van der Waals surface area contributed by atoms with Crippen LogP contribution in [0.4, 0.5) is 5.69 Å². The number of rotatable bonds is 4. The summed E-state index contributed by atoms with van der Waals surface area (Å²) in [5, 5.41) is 2.95. The van der Waals surface area contributed by atoms with E-state index in [-0.39, 0.29) is 5.50 Å². The van der Waals surface area contributed by atoms with Crippen LogP contribution in [0.3, 0.4) is 0 Å². The zero-order chi connectivity index (χ0) is 14.7. The van der Waals surface area contributed by atoms with Crippen LogP contribution < -0.4 is 14.8 Å². The molecule has 4 nitrogen and oxygen atoms in total. The maximum absolute atomic E-state index is 6.23. The maximum atomic E-state index is 6.23. The van der Waals surface area contributed by atoms with Crippen molar-refractivity contribution in [3.8, 4) is 11.5 Å². The summed E-state index contributed by atoms with van der Waals surface area (Å²) in [6.07, 6.45) is 1.59. The molecule has 3 rings (SSSR count). The van der Waals surface area contributed by atoms with Crippen molar-refractivity contribution in [3.63, 3.8) is 0 Å². The van der Waals surface area contributed by atoms with Crippen LogP contribution in [-0.2, 0) is 6.61 Å². The molecule has 1 heterocycles. The van der Waals surface area contributed by atoms with E-state index in [0.29, 0.717) is 18.1 Å². The van der Waals surface area contributed by atoms with Crippen molar-refractivity contribution in [1.82, 2.24) is 5.32 Å². The minimum absolute atomic E-state index is 0.317. The summed E-state index contributed by atoms with van der Waals surface area (Å²) in [6, 6.07) is 13.7.